The molecule has 8 heteroatoms. The molecule has 34 heavy (non-hydrogen) atoms. The van der Waals surface area contributed by atoms with Crippen LogP contribution in [0.25, 0.3) is 0 Å². The summed E-state index contributed by atoms with van der Waals surface area (Å²) in [5.41, 5.74) is 0. The van der Waals surface area contributed by atoms with Crippen molar-refractivity contribution in [2.75, 3.05) is 11.9 Å². The largest absolute Gasteiger partial charge is 0.385 e. The van der Waals surface area contributed by atoms with Crippen molar-refractivity contribution in [3.63, 3.8) is 0 Å². The number of rotatable bonds is 8. The van der Waals surface area contributed by atoms with Crippen LogP contribution >= 0.6 is 72.3 Å². The molecule has 0 heterocycles. The summed E-state index contributed by atoms with van der Waals surface area (Å²) >= 11 is 14.8. The van der Waals surface area contributed by atoms with Gasteiger partial charge in [-0.15, -0.1) is 25.3 Å². The maximum Gasteiger partial charge on any atom is 0.0932 e. The Balaban J connectivity index is 0.000000196. The van der Waals surface area contributed by atoms with Gasteiger partial charge in [0.05, 0.1) is 11.9 Å². The van der Waals surface area contributed by atoms with Gasteiger partial charge in [0.1, 0.15) is 0 Å². The minimum absolute atomic E-state index is 0.108. The number of thioether (sulfide) groups is 2. The standard InChI is InChI=1S/C14H14O2S3.C12H10S3/c15-9-17-11-1-5-13(6-2-11)19-14-7-3-12(4-8-14)18-10-16;13-9-1-5-11(6-2-9)15-12-7-3-10(14)4-8-12/h1-8,15-16H,9-10H2;1-8,13-14H. The van der Waals surface area contributed by atoms with E-state index in [1.165, 1.54) is 43.1 Å². The normalized spacial score (nSPS) is 10.5. The highest BCUT2D eigenvalue weighted by Gasteiger charge is 2.00. The van der Waals surface area contributed by atoms with E-state index in [-0.39, 0.29) is 11.9 Å². The Morgan fingerprint density at radius 3 is 0.912 bits per heavy atom. The summed E-state index contributed by atoms with van der Waals surface area (Å²) in [6.45, 7) is 0. The van der Waals surface area contributed by atoms with Crippen LogP contribution in [0.3, 0.4) is 0 Å². The van der Waals surface area contributed by atoms with E-state index in [2.05, 4.69) is 73.8 Å². The van der Waals surface area contributed by atoms with Crippen molar-refractivity contribution in [3.05, 3.63) is 97.1 Å². The minimum Gasteiger partial charge on any atom is -0.385 e. The summed E-state index contributed by atoms with van der Waals surface area (Å²) < 4.78 is 0. The zero-order valence-corrected chi connectivity index (χ0v) is 23.1. The number of thiol groups is 2. The smallest absolute Gasteiger partial charge is 0.0932 e. The Morgan fingerprint density at radius 2 is 0.647 bits per heavy atom. The van der Waals surface area contributed by atoms with Gasteiger partial charge in [-0.2, -0.15) is 0 Å². The van der Waals surface area contributed by atoms with Crippen LogP contribution < -0.4 is 0 Å². The summed E-state index contributed by atoms with van der Waals surface area (Å²) in [6.07, 6.45) is 0. The fourth-order valence-corrected chi connectivity index (χ4v) is 5.54. The SMILES string of the molecule is OCSc1ccc(Sc2ccc(SCO)cc2)cc1.Sc1ccc(Sc2ccc(S)cc2)cc1. The molecule has 0 aliphatic carbocycles. The van der Waals surface area contributed by atoms with Gasteiger partial charge in [-0.3, -0.25) is 0 Å². The lowest BCUT2D eigenvalue weighted by atomic mass is 10.4. The topological polar surface area (TPSA) is 40.5 Å². The molecule has 2 N–H and O–H groups in total. The average Bonchev–Trinajstić information content (AvgIpc) is 2.85. The first-order valence-corrected chi connectivity index (χ1v) is 14.7. The van der Waals surface area contributed by atoms with E-state index >= 15 is 0 Å². The number of benzene rings is 4. The molecule has 176 valence electrons. The molecular formula is C26H24O2S6. The fourth-order valence-electron chi connectivity index (χ4n) is 2.66. The highest BCUT2D eigenvalue weighted by molar-refractivity contribution is 8.00. The van der Waals surface area contributed by atoms with Gasteiger partial charge in [-0.1, -0.05) is 47.0 Å². The number of aliphatic hydroxyl groups excluding tert-OH is 2. The Bertz CT molecular complexity index is 1030. The molecule has 0 atom stereocenters. The summed E-state index contributed by atoms with van der Waals surface area (Å²) in [7, 11) is 0. The molecule has 0 aliphatic heterocycles. The summed E-state index contributed by atoms with van der Waals surface area (Å²) in [5.74, 6) is 0.215. The Morgan fingerprint density at radius 1 is 0.412 bits per heavy atom. The van der Waals surface area contributed by atoms with E-state index in [1.54, 1.807) is 23.5 Å². The molecule has 0 radical (unpaired) electrons. The Hall–Kier alpha value is -1.10. The molecular weight excluding hydrogens is 537 g/mol. The molecule has 0 saturated carbocycles. The quantitative estimate of drug-likeness (QED) is 0.0987. The number of hydrogen-bond donors (Lipinski definition) is 4. The van der Waals surface area contributed by atoms with Crippen molar-refractivity contribution < 1.29 is 10.2 Å². The molecule has 2 nitrogen and oxygen atoms in total. The van der Waals surface area contributed by atoms with Gasteiger partial charge in [-0.05, 0) is 97.1 Å². The lowest BCUT2D eigenvalue weighted by Crippen LogP contribution is -1.78. The lowest BCUT2D eigenvalue weighted by Gasteiger charge is -2.04. The first-order chi connectivity index (χ1) is 16.6. The van der Waals surface area contributed by atoms with Crippen LogP contribution in [0.1, 0.15) is 0 Å². The van der Waals surface area contributed by atoms with Gasteiger partial charge in [-0.25, -0.2) is 0 Å². The van der Waals surface area contributed by atoms with Gasteiger partial charge >= 0.3 is 0 Å². The molecule has 0 amide bonds. The first-order valence-electron chi connectivity index (χ1n) is 10.2. The Labute approximate surface area is 229 Å². The van der Waals surface area contributed by atoms with Crippen molar-refractivity contribution in [2.24, 2.45) is 0 Å². The van der Waals surface area contributed by atoms with Gasteiger partial charge in [0.2, 0.25) is 0 Å². The van der Waals surface area contributed by atoms with Crippen LogP contribution in [0, 0.1) is 0 Å². The van der Waals surface area contributed by atoms with Crippen LogP contribution in [0.4, 0.5) is 0 Å². The minimum atomic E-state index is 0.108. The number of aliphatic hydroxyl groups is 2. The van der Waals surface area contributed by atoms with Gasteiger partial charge in [0.15, 0.2) is 0 Å². The summed E-state index contributed by atoms with van der Waals surface area (Å²) in [5, 5.41) is 17.7. The van der Waals surface area contributed by atoms with Gasteiger partial charge in [0.25, 0.3) is 0 Å². The van der Waals surface area contributed by atoms with E-state index < -0.39 is 0 Å². The third-order valence-electron chi connectivity index (χ3n) is 4.25. The average molecular weight is 561 g/mol. The predicted octanol–water partition coefficient (Wildman–Crippen LogP) is 8.34. The van der Waals surface area contributed by atoms with Crippen molar-refractivity contribution in [3.8, 4) is 0 Å². The maximum atomic E-state index is 8.83. The van der Waals surface area contributed by atoms with Crippen LogP contribution in [-0.2, 0) is 0 Å². The molecule has 0 aliphatic rings. The number of hydrogen-bond acceptors (Lipinski definition) is 8. The zero-order chi connectivity index (χ0) is 24.2. The molecule has 4 aromatic carbocycles. The van der Waals surface area contributed by atoms with Crippen molar-refractivity contribution in [1.29, 1.82) is 0 Å². The molecule has 0 spiro atoms. The van der Waals surface area contributed by atoms with E-state index in [0.717, 1.165) is 19.6 Å². The molecule has 4 rings (SSSR count). The maximum absolute atomic E-state index is 8.83. The molecule has 0 unspecified atom stereocenters. The lowest BCUT2D eigenvalue weighted by molar-refractivity contribution is 0.375. The summed E-state index contributed by atoms with van der Waals surface area (Å²) in [4.78, 5) is 8.91. The molecule has 0 aromatic heterocycles. The molecule has 4 aromatic rings. The van der Waals surface area contributed by atoms with E-state index in [0.29, 0.717) is 0 Å². The highest BCUT2D eigenvalue weighted by atomic mass is 32.2. The van der Waals surface area contributed by atoms with Gasteiger partial charge < -0.3 is 10.2 Å². The van der Waals surface area contributed by atoms with Crippen molar-refractivity contribution in [1.82, 2.24) is 0 Å². The van der Waals surface area contributed by atoms with E-state index in [9.17, 15) is 0 Å². The second-order valence-corrected chi connectivity index (χ2v) is 12.0. The van der Waals surface area contributed by atoms with E-state index in [1.807, 2.05) is 48.5 Å². The third kappa shape index (κ3) is 9.87. The van der Waals surface area contributed by atoms with E-state index in [4.69, 9.17) is 10.2 Å². The van der Waals surface area contributed by atoms with Crippen molar-refractivity contribution >= 4 is 72.3 Å². The first kappa shape index (κ1) is 27.5. The molecule has 0 saturated heterocycles. The summed E-state index contributed by atoms with van der Waals surface area (Å²) in [6, 6.07) is 32.5. The van der Waals surface area contributed by atoms with Crippen LogP contribution in [0.5, 0.6) is 0 Å². The molecule has 0 fully saturated rings. The predicted molar refractivity (Wildman–Crippen MR) is 154 cm³/mol. The highest BCUT2D eigenvalue weighted by Crippen LogP contribution is 2.31. The van der Waals surface area contributed by atoms with Crippen LogP contribution in [0.2, 0.25) is 0 Å². The zero-order valence-electron chi connectivity index (χ0n) is 18.1. The van der Waals surface area contributed by atoms with Crippen LogP contribution in [-0.4, -0.2) is 22.1 Å². The van der Waals surface area contributed by atoms with Gasteiger partial charge in [0, 0.05) is 39.2 Å². The van der Waals surface area contributed by atoms with Crippen LogP contribution in [0.15, 0.2) is 136 Å². The second-order valence-electron chi connectivity index (χ2n) is 6.68. The second kappa shape index (κ2) is 15.1. The Kier molecular flexibility index (Phi) is 12.2. The fraction of sp³-hybridized carbons (Fsp3) is 0.0769. The monoisotopic (exact) mass is 560 g/mol. The van der Waals surface area contributed by atoms with Crippen molar-refractivity contribution in [2.45, 2.75) is 39.2 Å². The third-order valence-corrected chi connectivity index (χ3v) is 8.35. The molecule has 0 bridgehead atoms.